The predicted molar refractivity (Wildman–Crippen MR) is 96.7 cm³/mol. The monoisotopic (exact) mass is 418 g/mol. The number of carbonyl (C=O) groups is 1. The number of thioether (sulfide) groups is 1. The summed E-state index contributed by atoms with van der Waals surface area (Å²) < 4.78 is 53.7. The van der Waals surface area contributed by atoms with Gasteiger partial charge in [-0.3, -0.25) is 4.79 Å². The van der Waals surface area contributed by atoms with Gasteiger partial charge in [0.2, 0.25) is 15.9 Å². The Bertz CT molecular complexity index is 880. The van der Waals surface area contributed by atoms with Crippen molar-refractivity contribution < 1.29 is 22.0 Å². The number of amides is 1. The second kappa shape index (κ2) is 8.03. The molecular formula is C16H16F2N2O3S3. The van der Waals surface area contributed by atoms with Crippen molar-refractivity contribution in [3.8, 4) is 0 Å². The molecule has 5 nitrogen and oxygen atoms in total. The van der Waals surface area contributed by atoms with E-state index < -0.39 is 21.7 Å². The summed E-state index contributed by atoms with van der Waals surface area (Å²) in [4.78, 5) is 13.6. The molecule has 0 saturated carbocycles. The molecule has 0 radical (unpaired) electrons. The fourth-order valence-corrected chi connectivity index (χ4v) is 5.66. The maximum Gasteiger partial charge on any atom is 0.243 e. The van der Waals surface area contributed by atoms with E-state index in [9.17, 15) is 22.0 Å². The van der Waals surface area contributed by atoms with E-state index in [1.54, 1.807) is 16.2 Å². The number of thiophene rings is 1. The Balaban J connectivity index is 1.58. The van der Waals surface area contributed by atoms with Crippen LogP contribution < -0.4 is 0 Å². The largest absolute Gasteiger partial charge is 0.339 e. The molecule has 0 atom stereocenters. The number of rotatable bonds is 5. The fraction of sp³-hybridized carbons (Fsp3) is 0.312. The van der Waals surface area contributed by atoms with E-state index in [0.717, 1.165) is 16.3 Å². The highest BCUT2D eigenvalue weighted by Gasteiger charge is 2.30. The first kappa shape index (κ1) is 19.3. The van der Waals surface area contributed by atoms with Crippen LogP contribution >= 0.6 is 23.1 Å². The molecular weight excluding hydrogens is 402 g/mol. The molecule has 1 fully saturated rings. The van der Waals surface area contributed by atoms with Crippen molar-refractivity contribution in [2.75, 3.05) is 31.9 Å². The van der Waals surface area contributed by atoms with Gasteiger partial charge in [-0.15, -0.1) is 23.1 Å². The van der Waals surface area contributed by atoms with Crippen LogP contribution in [0.2, 0.25) is 0 Å². The standard InChI is InChI=1S/C16H16F2N2O3S3/c17-13-4-3-12(10-14(13)18)26(22,23)20-7-5-19(6-8-20)15(21)11-25-16-2-1-9-24-16/h1-4,9-10H,5-8,11H2. The third-order valence-electron chi connectivity index (χ3n) is 3.95. The molecule has 1 aliphatic rings. The first-order valence-electron chi connectivity index (χ1n) is 7.77. The van der Waals surface area contributed by atoms with E-state index in [0.29, 0.717) is 11.8 Å². The normalized spacial score (nSPS) is 16.0. The zero-order valence-corrected chi connectivity index (χ0v) is 16.0. The van der Waals surface area contributed by atoms with Gasteiger partial charge in [0.25, 0.3) is 0 Å². The summed E-state index contributed by atoms with van der Waals surface area (Å²) in [7, 11) is -3.91. The Labute approximate surface area is 158 Å². The van der Waals surface area contributed by atoms with E-state index in [-0.39, 0.29) is 37.0 Å². The third-order valence-corrected chi connectivity index (χ3v) is 7.96. The second-order valence-electron chi connectivity index (χ2n) is 5.58. The summed E-state index contributed by atoms with van der Waals surface area (Å²) in [5, 5.41) is 1.94. The number of sulfonamides is 1. The minimum Gasteiger partial charge on any atom is -0.339 e. The molecule has 140 valence electrons. The molecule has 0 bridgehead atoms. The van der Waals surface area contributed by atoms with Gasteiger partial charge in [0.15, 0.2) is 11.6 Å². The summed E-state index contributed by atoms with van der Waals surface area (Å²) in [5.74, 6) is -2.04. The number of nitrogens with zero attached hydrogens (tertiary/aromatic N) is 2. The van der Waals surface area contributed by atoms with E-state index in [2.05, 4.69) is 0 Å². The SMILES string of the molecule is O=C(CSc1cccs1)N1CCN(S(=O)(=O)c2ccc(F)c(F)c2)CC1. The van der Waals surface area contributed by atoms with E-state index in [1.807, 2.05) is 17.5 Å². The lowest BCUT2D eigenvalue weighted by Gasteiger charge is -2.34. The van der Waals surface area contributed by atoms with E-state index in [4.69, 9.17) is 0 Å². The molecule has 1 aromatic heterocycles. The maximum atomic E-state index is 13.3. The van der Waals surface area contributed by atoms with Crippen LogP contribution in [0.3, 0.4) is 0 Å². The van der Waals surface area contributed by atoms with Crippen molar-refractivity contribution in [3.63, 3.8) is 0 Å². The lowest BCUT2D eigenvalue weighted by molar-refractivity contribution is -0.129. The molecule has 26 heavy (non-hydrogen) atoms. The second-order valence-corrected chi connectivity index (χ2v) is 9.74. The Kier molecular flexibility index (Phi) is 5.96. The molecule has 2 heterocycles. The average Bonchev–Trinajstić information content (AvgIpc) is 3.15. The van der Waals surface area contributed by atoms with Crippen LogP contribution in [-0.2, 0) is 14.8 Å². The fourth-order valence-electron chi connectivity index (χ4n) is 2.53. The number of hydrogen-bond acceptors (Lipinski definition) is 5. The van der Waals surface area contributed by atoms with E-state index in [1.165, 1.54) is 16.1 Å². The van der Waals surface area contributed by atoms with Crippen molar-refractivity contribution in [1.82, 2.24) is 9.21 Å². The summed E-state index contributed by atoms with van der Waals surface area (Å²) in [6.45, 7) is 0.785. The minimum atomic E-state index is -3.91. The molecule has 0 unspecified atom stereocenters. The number of piperazine rings is 1. The van der Waals surface area contributed by atoms with Crippen molar-refractivity contribution in [1.29, 1.82) is 0 Å². The highest BCUT2D eigenvalue weighted by molar-refractivity contribution is 8.01. The lowest BCUT2D eigenvalue weighted by Crippen LogP contribution is -2.50. The van der Waals surface area contributed by atoms with Crippen LogP contribution in [0.1, 0.15) is 0 Å². The smallest absolute Gasteiger partial charge is 0.243 e. The molecule has 0 N–H and O–H groups in total. The van der Waals surface area contributed by atoms with Gasteiger partial charge >= 0.3 is 0 Å². The van der Waals surface area contributed by atoms with Gasteiger partial charge in [0, 0.05) is 26.2 Å². The van der Waals surface area contributed by atoms with Gasteiger partial charge in [-0.1, -0.05) is 6.07 Å². The Morgan fingerprint density at radius 3 is 2.46 bits per heavy atom. The lowest BCUT2D eigenvalue weighted by atomic mass is 10.3. The van der Waals surface area contributed by atoms with Crippen molar-refractivity contribution in [3.05, 3.63) is 47.3 Å². The van der Waals surface area contributed by atoms with Crippen molar-refractivity contribution in [2.45, 2.75) is 9.10 Å². The molecule has 0 aliphatic carbocycles. The molecule has 3 rings (SSSR count). The Morgan fingerprint density at radius 1 is 1.12 bits per heavy atom. The van der Waals surface area contributed by atoms with Crippen LogP contribution in [0.5, 0.6) is 0 Å². The molecule has 1 amide bonds. The molecule has 2 aromatic rings. The average molecular weight is 419 g/mol. The summed E-state index contributed by atoms with van der Waals surface area (Å²) in [6.07, 6.45) is 0. The minimum absolute atomic E-state index is 0.0479. The van der Waals surface area contributed by atoms with Gasteiger partial charge in [0.05, 0.1) is 14.9 Å². The Morgan fingerprint density at radius 2 is 1.85 bits per heavy atom. The first-order chi connectivity index (χ1) is 12.4. The number of benzene rings is 1. The molecule has 1 aliphatic heterocycles. The number of halogens is 2. The quantitative estimate of drug-likeness (QED) is 0.701. The summed E-state index contributed by atoms with van der Waals surface area (Å²) >= 11 is 3.02. The number of carbonyl (C=O) groups excluding carboxylic acids is 1. The van der Waals surface area contributed by atoms with Crippen LogP contribution in [0.4, 0.5) is 8.78 Å². The summed E-state index contributed by atoms with van der Waals surface area (Å²) in [5.41, 5.74) is 0. The topological polar surface area (TPSA) is 57.7 Å². The zero-order valence-electron chi connectivity index (χ0n) is 13.6. The maximum absolute atomic E-state index is 13.3. The third kappa shape index (κ3) is 4.25. The zero-order chi connectivity index (χ0) is 18.7. The van der Waals surface area contributed by atoms with Crippen molar-refractivity contribution >= 4 is 39.0 Å². The summed E-state index contributed by atoms with van der Waals surface area (Å²) in [6, 6.07) is 6.38. The van der Waals surface area contributed by atoms with Crippen LogP contribution in [-0.4, -0.2) is 55.5 Å². The highest BCUT2D eigenvalue weighted by Crippen LogP contribution is 2.24. The van der Waals surface area contributed by atoms with Crippen molar-refractivity contribution in [2.24, 2.45) is 0 Å². The van der Waals surface area contributed by atoms with Gasteiger partial charge in [-0.05, 0) is 29.6 Å². The van der Waals surface area contributed by atoms with Crippen LogP contribution in [0, 0.1) is 11.6 Å². The van der Waals surface area contributed by atoms with Crippen LogP contribution in [0.15, 0.2) is 44.8 Å². The predicted octanol–water partition coefficient (Wildman–Crippen LogP) is 2.65. The van der Waals surface area contributed by atoms with Crippen LogP contribution in [0.25, 0.3) is 0 Å². The van der Waals surface area contributed by atoms with E-state index >= 15 is 0 Å². The molecule has 10 heteroatoms. The Hall–Kier alpha value is -1.49. The van der Waals surface area contributed by atoms with Gasteiger partial charge in [-0.25, -0.2) is 17.2 Å². The van der Waals surface area contributed by atoms with Gasteiger partial charge in [-0.2, -0.15) is 4.31 Å². The first-order valence-corrected chi connectivity index (χ1v) is 11.1. The number of hydrogen-bond donors (Lipinski definition) is 0. The van der Waals surface area contributed by atoms with Gasteiger partial charge in [0.1, 0.15) is 0 Å². The molecule has 1 saturated heterocycles. The molecule has 0 spiro atoms. The molecule has 1 aromatic carbocycles. The van der Waals surface area contributed by atoms with Gasteiger partial charge < -0.3 is 4.90 Å². The highest BCUT2D eigenvalue weighted by atomic mass is 32.2.